The molecule has 4 nitrogen and oxygen atoms in total. The maximum atomic E-state index is 12.8. The van der Waals surface area contributed by atoms with Crippen molar-refractivity contribution in [3.8, 4) is 0 Å². The first-order valence-electron chi connectivity index (χ1n) is 8.54. The summed E-state index contributed by atoms with van der Waals surface area (Å²) in [5.41, 5.74) is 0. The average molecular weight is 294 g/mol. The number of hydrogen-bond donors (Lipinski definition) is 1. The summed E-state index contributed by atoms with van der Waals surface area (Å²) in [6.07, 6.45) is 5.13. The summed E-state index contributed by atoms with van der Waals surface area (Å²) < 4.78 is 0. The summed E-state index contributed by atoms with van der Waals surface area (Å²) in [6.45, 7) is 9.29. The van der Waals surface area contributed by atoms with Gasteiger partial charge in [-0.2, -0.15) is 0 Å². The second kappa shape index (κ2) is 6.80. The molecule has 1 aliphatic heterocycles. The van der Waals surface area contributed by atoms with Gasteiger partial charge in [0.05, 0.1) is 0 Å². The molecule has 21 heavy (non-hydrogen) atoms. The van der Waals surface area contributed by atoms with E-state index in [2.05, 4.69) is 33.0 Å². The first kappa shape index (κ1) is 16.3. The third-order valence-corrected chi connectivity index (χ3v) is 4.60. The Morgan fingerprint density at radius 1 is 1.24 bits per heavy atom. The second-order valence-electron chi connectivity index (χ2n) is 7.35. The standard InChI is InChI=1S/C17H30N2O2/c1-5-6-12(4)10-19-14(9-11(2)3)16(20)18-15(17(19)21)13-7-8-13/h11-15H,5-10H2,1-4H3,(H,18,20). The van der Waals surface area contributed by atoms with Crippen LogP contribution < -0.4 is 5.32 Å². The monoisotopic (exact) mass is 294 g/mol. The largest absolute Gasteiger partial charge is 0.342 e. The van der Waals surface area contributed by atoms with Crippen LogP contribution in [0.1, 0.15) is 59.8 Å². The lowest BCUT2D eigenvalue weighted by molar-refractivity contribution is -0.151. The van der Waals surface area contributed by atoms with Gasteiger partial charge in [-0.3, -0.25) is 9.59 Å². The van der Waals surface area contributed by atoms with Crippen LogP contribution in [0, 0.1) is 17.8 Å². The van der Waals surface area contributed by atoms with E-state index in [1.807, 2.05) is 4.90 Å². The molecule has 2 fully saturated rings. The molecule has 1 heterocycles. The Hall–Kier alpha value is -1.06. The molecule has 2 amide bonds. The van der Waals surface area contributed by atoms with E-state index in [4.69, 9.17) is 0 Å². The van der Waals surface area contributed by atoms with Crippen LogP contribution in [-0.4, -0.2) is 35.3 Å². The molecule has 1 N–H and O–H groups in total. The lowest BCUT2D eigenvalue weighted by Gasteiger charge is -2.41. The molecule has 3 atom stereocenters. The van der Waals surface area contributed by atoms with Crippen molar-refractivity contribution in [1.29, 1.82) is 0 Å². The van der Waals surface area contributed by atoms with Crippen molar-refractivity contribution in [3.05, 3.63) is 0 Å². The molecule has 0 radical (unpaired) electrons. The number of nitrogens with zero attached hydrogens (tertiary/aromatic N) is 1. The Bertz CT molecular complexity index is 390. The molecule has 120 valence electrons. The zero-order valence-corrected chi connectivity index (χ0v) is 13.9. The van der Waals surface area contributed by atoms with Gasteiger partial charge in [0.2, 0.25) is 11.8 Å². The predicted molar refractivity (Wildman–Crippen MR) is 83.7 cm³/mol. The van der Waals surface area contributed by atoms with Crippen LogP contribution in [-0.2, 0) is 9.59 Å². The first-order chi connectivity index (χ1) is 9.93. The molecule has 2 aliphatic rings. The normalized spacial score (nSPS) is 28.0. The lowest BCUT2D eigenvalue weighted by atomic mass is 9.94. The molecule has 4 heteroatoms. The number of amides is 2. The SMILES string of the molecule is CCCC(C)CN1C(=O)C(C2CC2)NC(=O)C1CC(C)C. The minimum absolute atomic E-state index is 0.0592. The highest BCUT2D eigenvalue weighted by Gasteiger charge is 2.46. The third kappa shape index (κ3) is 3.98. The Morgan fingerprint density at radius 2 is 1.90 bits per heavy atom. The molecule has 1 saturated carbocycles. The van der Waals surface area contributed by atoms with Gasteiger partial charge >= 0.3 is 0 Å². The maximum absolute atomic E-state index is 12.8. The number of rotatable bonds is 7. The summed E-state index contributed by atoms with van der Waals surface area (Å²) in [4.78, 5) is 27.1. The van der Waals surface area contributed by atoms with Gasteiger partial charge in [-0.15, -0.1) is 0 Å². The van der Waals surface area contributed by atoms with Gasteiger partial charge in [0.1, 0.15) is 12.1 Å². The number of hydrogen-bond acceptors (Lipinski definition) is 2. The van der Waals surface area contributed by atoms with Crippen LogP contribution in [0.4, 0.5) is 0 Å². The van der Waals surface area contributed by atoms with Crippen molar-refractivity contribution in [3.63, 3.8) is 0 Å². The van der Waals surface area contributed by atoms with Crippen molar-refractivity contribution < 1.29 is 9.59 Å². The Labute approximate surface area is 128 Å². The lowest BCUT2D eigenvalue weighted by Crippen LogP contribution is -2.64. The van der Waals surface area contributed by atoms with Gasteiger partial charge in [-0.05, 0) is 43.4 Å². The molecule has 0 spiro atoms. The van der Waals surface area contributed by atoms with Gasteiger partial charge in [-0.25, -0.2) is 0 Å². The van der Waals surface area contributed by atoms with E-state index in [-0.39, 0.29) is 23.9 Å². The minimum Gasteiger partial charge on any atom is -0.342 e. The first-order valence-corrected chi connectivity index (χ1v) is 8.54. The van der Waals surface area contributed by atoms with Crippen LogP contribution in [0.5, 0.6) is 0 Å². The van der Waals surface area contributed by atoms with Crippen LogP contribution in [0.25, 0.3) is 0 Å². The summed E-state index contributed by atoms with van der Waals surface area (Å²) >= 11 is 0. The summed E-state index contributed by atoms with van der Waals surface area (Å²) in [5.74, 6) is 1.47. The molecule has 0 aromatic rings. The topological polar surface area (TPSA) is 49.4 Å². The number of piperazine rings is 1. The molecular formula is C17H30N2O2. The highest BCUT2D eigenvalue weighted by molar-refractivity contribution is 5.97. The zero-order chi connectivity index (χ0) is 15.6. The van der Waals surface area contributed by atoms with Crippen LogP contribution >= 0.6 is 0 Å². The Kier molecular flexibility index (Phi) is 5.28. The molecule has 3 unspecified atom stereocenters. The average Bonchev–Trinajstić information content (AvgIpc) is 3.22. The van der Waals surface area contributed by atoms with Crippen LogP contribution in [0.2, 0.25) is 0 Å². The quantitative estimate of drug-likeness (QED) is 0.784. The number of carbonyl (C=O) groups excluding carboxylic acids is 2. The van der Waals surface area contributed by atoms with Gasteiger partial charge in [0.25, 0.3) is 0 Å². The Balaban J connectivity index is 2.12. The van der Waals surface area contributed by atoms with Crippen molar-refractivity contribution >= 4 is 11.8 Å². The van der Waals surface area contributed by atoms with Gasteiger partial charge < -0.3 is 10.2 Å². The summed E-state index contributed by atoms with van der Waals surface area (Å²) in [6, 6.07) is -0.526. The summed E-state index contributed by atoms with van der Waals surface area (Å²) in [5, 5.41) is 2.99. The number of carbonyl (C=O) groups is 2. The van der Waals surface area contributed by atoms with Crippen LogP contribution in [0.15, 0.2) is 0 Å². The molecule has 1 saturated heterocycles. The van der Waals surface area contributed by atoms with E-state index in [1.165, 1.54) is 0 Å². The molecule has 1 aliphatic carbocycles. The van der Waals surface area contributed by atoms with E-state index in [0.29, 0.717) is 17.8 Å². The highest BCUT2D eigenvalue weighted by atomic mass is 16.2. The van der Waals surface area contributed by atoms with E-state index < -0.39 is 0 Å². The van der Waals surface area contributed by atoms with Crippen molar-refractivity contribution in [1.82, 2.24) is 10.2 Å². The molecule has 0 aromatic carbocycles. The summed E-state index contributed by atoms with van der Waals surface area (Å²) in [7, 11) is 0. The highest BCUT2D eigenvalue weighted by Crippen LogP contribution is 2.35. The fourth-order valence-electron chi connectivity index (χ4n) is 3.35. The fraction of sp³-hybridized carbons (Fsp3) is 0.882. The molecule has 2 rings (SSSR count). The van der Waals surface area contributed by atoms with E-state index >= 15 is 0 Å². The molecule has 0 bridgehead atoms. The fourth-order valence-corrected chi connectivity index (χ4v) is 3.35. The van der Waals surface area contributed by atoms with E-state index in [9.17, 15) is 9.59 Å². The smallest absolute Gasteiger partial charge is 0.246 e. The maximum Gasteiger partial charge on any atom is 0.246 e. The number of nitrogens with one attached hydrogen (secondary N) is 1. The van der Waals surface area contributed by atoms with Crippen molar-refractivity contribution in [2.75, 3.05) is 6.54 Å². The van der Waals surface area contributed by atoms with Crippen molar-refractivity contribution in [2.45, 2.75) is 71.9 Å². The van der Waals surface area contributed by atoms with Gasteiger partial charge in [0.15, 0.2) is 0 Å². The van der Waals surface area contributed by atoms with E-state index in [1.54, 1.807) is 0 Å². The Morgan fingerprint density at radius 3 is 2.43 bits per heavy atom. The minimum atomic E-state index is -0.271. The second-order valence-corrected chi connectivity index (χ2v) is 7.35. The van der Waals surface area contributed by atoms with Crippen LogP contribution in [0.3, 0.4) is 0 Å². The third-order valence-electron chi connectivity index (χ3n) is 4.60. The van der Waals surface area contributed by atoms with E-state index in [0.717, 1.165) is 38.6 Å². The zero-order valence-electron chi connectivity index (χ0n) is 13.9. The van der Waals surface area contributed by atoms with Gasteiger partial charge in [-0.1, -0.05) is 34.1 Å². The molecular weight excluding hydrogens is 264 g/mol. The van der Waals surface area contributed by atoms with Crippen molar-refractivity contribution in [2.24, 2.45) is 17.8 Å². The van der Waals surface area contributed by atoms with Gasteiger partial charge in [0, 0.05) is 6.54 Å². The molecule has 0 aromatic heterocycles. The predicted octanol–water partition coefficient (Wildman–Crippen LogP) is 2.57.